The van der Waals surface area contributed by atoms with Crippen LogP contribution < -0.4 is 4.72 Å². The molecule has 0 saturated carbocycles. The Morgan fingerprint density at radius 3 is 2.93 bits per heavy atom. The molecule has 0 radical (unpaired) electrons. The van der Waals surface area contributed by atoms with Crippen molar-refractivity contribution in [2.75, 3.05) is 0 Å². The Hall–Kier alpha value is -2.08. The van der Waals surface area contributed by atoms with E-state index in [4.69, 9.17) is 10.4 Å². The van der Waals surface area contributed by atoms with Crippen LogP contribution in [0.3, 0.4) is 0 Å². The summed E-state index contributed by atoms with van der Waals surface area (Å²) in [6.07, 6.45) is 3.25. The fourth-order valence-electron chi connectivity index (χ4n) is 0.827. The zero-order valence-corrected chi connectivity index (χ0v) is 8.10. The number of rotatable bonds is 4. The van der Waals surface area contributed by atoms with Gasteiger partial charge in [0.2, 0.25) is 0 Å². The van der Waals surface area contributed by atoms with Gasteiger partial charge in [-0.2, -0.15) is 10.4 Å². The summed E-state index contributed by atoms with van der Waals surface area (Å²) in [5, 5.41) is 20.1. The number of aliphatic carboxylic acids is 1. The van der Waals surface area contributed by atoms with E-state index in [-0.39, 0.29) is 4.90 Å². The molecule has 0 bridgehead atoms. The highest BCUT2D eigenvalue weighted by atomic mass is 32.2. The maximum Gasteiger partial charge on any atom is 0.325 e. The normalized spacial score (nSPS) is 10.6. The van der Waals surface area contributed by atoms with Crippen LogP contribution in [0.2, 0.25) is 0 Å². The molecule has 0 spiro atoms. The van der Waals surface area contributed by atoms with Gasteiger partial charge in [-0.25, -0.2) is 13.1 Å². The molecule has 15 heavy (non-hydrogen) atoms. The fraction of sp³-hybridized carbons (Fsp3) is 0.167. The third-order valence-corrected chi connectivity index (χ3v) is 2.59. The molecule has 0 aromatic carbocycles. The molecule has 0 aliphatic rings. The number of nitrogens with one attached hydrogen (secondary N) is 1. The zero-order valence-electron chi connectivity index (χ0n) is 7.28. The first kappa shape index (κ1) is 11.0. The van der Waals surface area contributed by atoms with Crippen LogP contribution in [0.25, 0.3) is 0 Å². The zero-order chi connectivity index (χ0) is 11.5. The number of nitriles is 1. The van der Waals surface area contributed by atoms with Crippen molar-refractivity contribution in [2.45, 2.75) is 11.4 Å². The number of hydrogen-bond acceptors (Lipinski definition) is 5. The van der Waals surface area contributed by atoms with Crippen LogP contribution in [0.5, 0.6) is 0 Å². The number of carboxylic acids is 1. The Morgan fingerprint density at radius 1 is 1.73 bits per heavy atom. The Morgan fingerprint density at radius 2 is 2.40 bits per heavy atom. The van der Waals surface area contributed by atoms with Gasteiger partial charge in [0, 0.05) is 6.20 Å². The maximum absolute atomic E-state index is 11.2. The molecule has 9 heteroatoms. The summed E-state index contributed by atoms with van der Waals surface area (Å²) in [4.78, 5) is 10.0. The summed E-state index contributed by atoms with van der Waals surface area (Å²) in [6, 6.07) is 0. The number of aromatic nitrogens is 2. The minimum Gasteiger partial charge on any atom is -0.480 e. The molecule has 1 aromatic rings. The second kappa shape index (κ2) is 3.97. The molecule has 8 nitrogen and oxygen atoms in total. The quantitative estimate of drug-likeness (QED) is 0.490. The molecule has 2 N–H and O–H groups in total. The highest BCUT2D eigenvalue weighted by Gasteiger charge is 2.15. The topological polar surface area (TPSA) is 125 Å². The van der Waals surface area contributed by atoms with Crippen LogP contribution in [0.4, 0.5) is 0 Å². The molecule has 0 aliphatic carbocycles. The summed E-state index contributed by atoms with van der Waals surface area (Å²) in [7, 11) is -3.91. The van der Waals surface area contributed by atoms with Crippen molar-refractivity contribution in [1.82, 2.24) is 14.5 Å². The number of nitrogens with zero attached hydrogens (tertiary/aromatic N) is 3. The molecule has 0 saturated heterocycles. The van der Waals surface area contributed by atoms with Crippen LogP contribution >= 0.6 is 0 Å². The molecule has 0 unspecified atom stereocenters. The molecular weight excluding hydrogens is 224 g/mol. The van der Waals surface area contributed by atoms with Gasteiger partial charge in [-0.3, -0.25) is 9.48 Å². The SMILES string of the molecule is N#CNS(=O)(=O)c1cnn(CC(=O)O)c1. The first-order valence-electron chi connectivity index (χ1n) is 3.61. The van der Waals surface area contributed by atoms with E-state index in [1.807, 2.05) is 0 Å². The predicted molar refractivity (Wildman–Crippen MR) is 45.8 cm³/mol. The van der Waals surface area contributed by atoms with E-state index in [0.29, 0.717) is 0 Å². The van der Waals surface area contributed by atoms with Crippen molar-refractivity contribution in [2.24, 2.45) is 0 Å². The van der Waals surface area contributed by atoms with Crippen LogP contribution in [0.1, 0.15) is 0 Å². The van der Waals surface area contributed by atoms with Crippen molar-refractivity contribution in [1.29, 1.82) is 5.26 Å². The van der Waals surface area contributed by atoms with Gasteiger partial charge < -0.3 is 5.11 Å². The molecule has 0 fully saturated rings. The predicted octanol–water partition coefficient (Wildman–Crippen LogP) is -1.27. The van der Waals surface area contributed by atoms with Crippen molar-refractivity contribution >= 4 is 16.0 Å². The lowest BCUT2D eigenvalue weighted by Gasteiger charge is -1.95. The fourth-order valence-corrected chi connectivity index (χ4v) is 1.51. The van der Waals surface area contributed by atoms with Gasteiger partial charge in [0.15, 0.2) is 6.19 Å². The third-order valence-electron chi connectivity index (χ3n) is 1.40. The first-order valence-corrected chi connectivity index (χ1v) is 5.09. The largest absolute Gasteiger partial charge is 0.480 e. The van der Waals surface area contributed by atoms with Gasteiger partial charge in [-0.15, -0.1) is 0 Å². The smallest absolute Gasteiger partial charge is 0.325 e. The Balaban J connectivity index is 2.95. The second-order valence-corrected chi connectivity index (χ2v) is 4.17. The molecule has 1 aromatic heterocycles. The van der Waals surface area contributed by atoms with Gasteiger partial charge >= 0.3 is 5.97 Å². The standard InChI is InChI=1S/C6H6N4O4S/c7-4-9-15(13,14)5-1-8-10(2-5)3-6(11)12/h1-2,9H,3H2,(H,11,12). The minimum absolute atomic E-state index is 0.259. The minimum atomic E-state index is -3.91. The summed E-state index contributed by atoms with van der Waals surface area (Å²) in [5.41, 5.74) is 0. The van der Waals surface area contributed by atoms with Crippen molar-refractivity contribution < 1.29 is 18.3 Å². The molecule has 1 rings (SSSR count). The van der Waals surface area contributed by atoms with Gasteiger partial charge in [-0.1, -0.05) is 0 Å². The van der Waals surface area contributed by atoms with E-state index in [1.165, 1.54) is 6.19 Å². The van der Waals surface area contributed by atoms with Crippen LogP contribution in [0.15, 0.2) is 17.3 Å². The van der Waals surface area contributed by atoms with E-state index in [0.717, 1.165) is 17.1 Å². The summed E-state index contributed by atoms with van der Waals surface area (Å²) in [5.74, 6) is -1.14. The molecular formula is C6H6N4O4S. The molecule has 0 amide bonds. The van der Waals surface area contributed by atoms with Crippen molar-refractivity contribution in [3.63, 3.8) is 0 Å². The Labute approximate surface area is 84.8 Å². The van der Waals surface area contributed by atoms with Crippen molar-refractivity contribution in [3.05, 3.63) is 12.4 Å². The van der Waals surface area contributed by atoms with Gasteiger partial charge in [0.1, 0.15) is 11.4 Å². The molecule has 80 valence electrons. The Kier molecular flexibility index (Phi) is 2.91. The lowest BCUT2D eigenvalue weighted by Crippen LogP contribution is -2.17. The number of sulfonamides is 1. The molecule has 0 aliphatic heterocycles. The van der Waals surface area contributed by atoms with Gasteiger partial charge in [0.05, 0.1) is 6.20 Å². The molecule has 1 heterocycles. The van der Waals surface area contributed by atoms with Crippen molar-refractivity contribution in [3.8, 4) is 6.19 Å². The first-order chi connectivity index (χ1) is 6.95. The van der Waals surface area contributed by atoms with E-state index < -0.39 is 22.5 Å². The summed E-state index contributed by atoms with van der Waals surface area (Å²) < 4.78 is 24.9. The maximum atomic E-state index is 11.2. The number of carboxylic acid groups (broad SMARTS) is 1. The van der Waals surface area contributed by atoms with Gasteiger partial charge in [-0.05, 0) is 0 Å². The third kappa shape index (κ3) is 2.68. The number of carbonyl (C=O) groups is 1. The molecule has 0 atom stereocenters. The van der Waals surface area contributed by atoms with E-state index in [2.05, 4.69) is 5.10 Å². The second-order valence-electron chi connectivity index (χ2n) is 2.48. The lowest BCUT2D eigenvalue weighted by atomic mass is 10.6. The lowest BCUT2D eigenvalue weighted by molar-refractivity contribution is -0.137. The monoisotopic (exact) mass is 230 g/mol. The van der Waals surface area contributed by atoms with Crippen LogP contribution in [-0.4, -0.2) is 29.3 Å². The van der Waals surface area contributed by atoms with E-state index in [1.54, 1.807) is 4.72 Å². The highest BCUT2D eigenvalue weighted by molar-refractivity contribution is 7.89. The van der Waals surface area contributed by atoms with Crippen LogP contribution in [-0.2, 0) is 21.4 Å². The highest BCUT2D eigenvalue weighted by Crippen LogP contribution is 2.05. The Bertz CT molecular complexity index is 511. The van der Waals surface area contributed by atoms with Crippen LogP contribution in [0, 0.1) is 11.5 Å². The number of hydrogen-bond donors (Lipinski definition) is 2. The summed E-state index contributed by atoms with van der Waals surface area (Å²) >= 11 is 0. The van der Waals surface area contributed by atoms with E-state index >= 15 is 0 Å². The van der Waals surface area contributed by atoms with Gasteiger partial charge in [0.25, 0.3) is 10.0 Å². The summed E-state index contributed by atoms with van der Waals surface area (Å²) in [6.45, 7) is -0.442. The average Bonchev–Trinajstić information content (AvgIpc) is 2.51. The average molecular weight is 230 g/mol. The van der Waals surface area contributed by atoms with E-state index in [9.17, 15) is 13.2 Å².